The van der Waals surface area contributed by atoms with Gasteiger partial charge in [-0.3, -0.25) is 4.79 Å². The Bertz CT molecular complexity index is 556. The quantitative estimate of drug-likeness (QED) is 0.485. The highest BCUT2D eigenvalue weighted by molar-refractivity contribution is 8.13. The molecule has 112 valence electrons. The summed E-state index contributed by atoms with van der Waals surface area (Å²) in [6.45, 7) is 7.06. The monoisotopic (exact) mass is 304 g/mol. The summed E-state index contributed by atoms with van der Waals surface area (Å²) in [7, 11) is 0. The second-order valence-electron chi connectivity index (χ2n) is 5.47. The van der Waals surface area contributed by atoms with E-state index >= 15 is 0 Å². The lowest BCUT2D eigenvalue weighted by atomic mass is 10.1. The Balaban J connectivity index is 2.56. The van der Waals surface area contributed by atoms with E-state index < -0.39 is 5.60 Å². The third-order valence-corrected chi connectivity index (χ3v) is 3.10. The van der Waals surface area contributed by atoms with Gasteiger partial charge in [-0.15, -0.1) is 0 Å². The Hall–Kier alpha value is -1.73. The van der Waals surface area contributed by atoms with E-state index in [1.807, 2.05) is 20.8 Å². The molecular weight excluding hydrogens is 284 g/mol. The maximum atomic E-state index is 11.8. The summed E-state index contributed by atoms with van der Waals surface area (Å²) in [4.78, 5) is 22.6. The van der Waals surface area contributed by atoms with Crippen molar-refractivity contribution in [3.05, 3.63) is 35.4 Å². The first kappa shape index (κ1) is 17.3. The maximum absolute atomic E-state index is 11.8. The number of carbonyl (C=O) groups is 2. The average Bonchev–Trinajstić information content (AvgIpc) is 2.36. The van der Waals surface area contributed by atoms with Crippen molar-refractivity contribution in [1.29, 1.82) is 0 Å². The molecule has 0 bridgehead atoms. The van der Waals surface area contributed by atoms with E-state index in [0.717, 1.165) is 5.56 Å². The van der Waals surface area contributed by atoms with E-state index in [1.165, 1.54) is 11.8 Å². The summed E-state index contributed by atoms with van der Waals surface area (Å²) in [6, 6.07) is 7.01. The zero-order valence-corrected chi connectivity index (χ0v) is 13.7. The van der Waals surface area contributed by atoms with Gasteiger partial charge in [-0.05, 0) is 45.0 Å². The summed E-state index contributed by atoms with van der Waals surface area (Å²) >= 11 is 1.28. The fraction of sp³-hybridized carbons (Fsp3) is 0.412. The SMILES string of the molecule is CC(=O)SCCC#Cc1ccc(C(=O)OC(C)(C)C)cc1. The second kappa shape index (κ2) is 7.90. The van der Waals surface area contributed by atoms with Gasteiger partial charge in [0, 0.05) is 24.7 Å². The van der Waals surface area contributed by atoms with Crippen molar-refractivity contribution < 1.29 is 14.3 Å². The zero-order valence-electron chi connectivity index (χ0n) is 12.9. The van der Waals surface area contributed by atoms with Gasteiger partial charge in [0.2, 0.25) is 0 Å². The largest absolute Gasteiger partial charge is 0.456 e. The van der Waals surface area contributed by atoms with Crippen LogP contribution in [0.5, 0.6) is 0 Å². The van der Waals surface area contributed by atoms with E-state index in [4.69, 9.17) is 4.74 Å². The van der Waals surface area contributed by atoms with Crippen LogP contribution in [0.4, 0.5) is 0 Å². The van der Waals surface area contributed by atoms with Gasteiger partial charge in [0.25, 0.3) is 0 Å². The van der Waals surface area contributed by atoms with Crippen LogP contribution in [0.1, 0.15) is 50.0 Å². The van der Waals surface area contributed by atoms with Gasteiger partial charge < -0.3 is 4.74 Å². The summed E-state index contributed by atoms with van der Waals surface area (Å²) in [5.74, 6) is 6.38. The van der Waals surface area contributed by atoms with Gasteiger partial charge in [-0.2, -0.15) is 0 Å². The fourth-order valence-corrected chi connectivity index (χ4v) is 1.93. The molecule has 0 atom stereocenters. The summed E-state index contributed by atoms with van der Waals surface area (Å²) in [5, 5.41) is 0.110. The molecular formula is C17H20O3S. The Morgan fingerprint density at radius 3 is 2.33 bits per heavy atom. The maximum Gasteiger partial charge on any atom is 0.338 e. The van der Waals surface area contributed by atoms with Gasteiger partial charge >= 0.3 is 5.97 Å². The van der Waals surface area contributed by atoms with Crippen molar-refractivity contribution in [3.8, 4) is 11.8 Å². The van der Waals surface area contributed by atoms with Crippen molar-refractivity contribution in [2.24, 2.45) is 0 Å². The molecule has 0 aliphatic carbocycles. The average molecular weight is 304 g/mol. The molecule has 3 nitrogen and oxygen atoms in total. The molecule has 4 heteroatoms. The van der Waals surface area contributed by atoms with E-state index in [2.05, 4.69) is 11.8 Å². The molecule has 0 spiro atoms. The molecule has 0 aliphatic heterocycles. The van der Waals surface area contributed by atoms with Crippen molar-refractivity contribution in [1.82, 2.24) is 0 Å². The molecule has 0 fully saturated rings. The molecule has 21 heavy (non-hydrogen) atoms. The van der Waals surface area contributed by atoms with Crippen molar-refractivity contribution in [3.63, 3.8) is 0 Å². The molecule has 0 N–H and O–H groups in total. The van der Waals surface area contributed by atoms with Gasteiger partial charge in [0.1, 0.15) is 5.60 Å². The number of esters is 1. The number of ether oxygens (including phenoxy) is 1. The molecule has 0 saturated carbocycles. The van der Waals surface area contributed by atoms with Crippen molar-refractivity contribution in [2.75, 3.05) is 5.75 Å². The van der Waals surface area contributed by atoms with Gasteiger partial charge in [-0.25, -0.2) is 4.79 Å². The molecule has 0 amide bonds. The van der Waals surface area contributed by atoms with Crippen LogP contribution in [0.15, 0.2) is 24.3 Å². The summed E-state index contributed by atoms with van der Waals surface area (Å²) < 4.78 is 5.29. The highest BCUT2D eigenvalue weighted by Gasteiger charge is 2.17. The van der Waals surface area contributed by atoms with Crippen LogP contribution in [0.2, 0.25) is 0 Å². The van der Waals surface area contributed by atoms with Crippen LogP contribution < -0.4 is 0 Å². The van der Waals surface area contributed by atoms with Crippen LogP contribution in [-0.2, 0) is 9.53 Å². The van der Waals surface area contributed by atoms with Crippen LogP contribution in [0, 0.1) is 11.8 Å². The zero-order chi connectivity index (χ0) is 15.9. The third-order valence-electron chi connectivity index (χ3n) is 2.28. The topological polar surface area (TPSA) is 43.4 Å². The van der Waals surface area contributed by atoms with E-state index in [-0.39, 0.29) is 11.1 Å². The Morgan fingerprint density at radius 2 is 1.81 bits per heavy atom. The highest BCUT2D eigenvalue weighted by Crippen LogP contribution is 2.12. The minimum atomic E-state index is -0.496. The lowest BCUT2D eigenvalue weighted by Gasteiger charge is -2.19. The van der Waals surface area contributed by atoms with Crippen molar-refractivity contribution >= 4 is 22.8 Å². The van der Waals surface area contributed by atoms with Gasteiger partial charge in [0.05, 0.1) is 5.56 Å². The van der Waals surface area contributed by atoms with Gasteiger partial charge in [-0.1, -0.05) is 23.6 Å². The molecule has 0 aliphatic rings. The first-order chi connectivity index (χ1) is 9.78. The smallest absolute Gasteiger partial charge is 0.338 e. The number of carbonyl (C=O) groups excluding carboxylic acids is 2. The lowest BCUT2D eigenvalue weighted by Crippen LogP contribution is -2.23. The predicted octanol–water partition coefficient (Wildman–Crippen LogP) is 3.66. The van der Waals surface area contributed by atoms with Gasteiger partial charge in [0.15, 0.2) is 5.12 Å². The van der Waals surface area contributed by atoms with E-state index in [1.54, 1.807) is 31.2 Å². The number of hydrogen-bond donors (Lipinski definition) is 0. The minimum absolute atomic E-state index is 0.110. The molecule has 0 saturated heterocycles. The summed E-state index contributed by atoms with van der Waals surface area (Å²) in [5.41, 5.74) is 0.863. The van der Waals surface area contributed by atoms with Crippen LogP contribution >= 0.6 is 11.8 Å². The number of benzene rings is 1. The first-order valence-electron chi connectivity index (χ1n) is 6.73. The Labute approximate surface area is 130 Å². The minimum Gasteiger partial charge on any atom is -0.456 e. The molecule has 1 rings (SSSR count). The molecule has 1 aromatic carbocycles. The normalized spacial score (nSPS) is 10.5. The van der Waals surface area contributed by atoms with E-state index in [9.17, 15) is 9.59 Å². The van der Waals surface area contributed by atoms with Crippen LogP contribution in [-0.4, -0.2) is 22.4 Å². The molecule has 0 unspecified atom stereocenters. The number of thioether (sulfide) groups is 1. The second-order valence-corrected chi connectivity index (χ2v) is 6.74. The summed E-state index contributed by atoms with van der Waals surface area (Å²) in [6.07, 6.45) is 0.665. The molecule has 0 aromatic heterocycles. The predicted molar refractivity (Wildman–Crippen MR) is 86.2 cm³/mol. The molecule has 1 aromatic rings. The first-order valence-corrected chi connectivity index (χ1v) is 7.72. The standard InChI is InChI=1S/C17H20O3S/c1-13(18)21-12-6-5-7-14-8-10-15(11-9-14)16(19)20-17(2,3)4/h8-11H,6,12H2,1-4H3. The van der Waals surface area contributed by atoms with E-state index in [0.29, 0.717) is 17.7 Å². The highest BCUT2D eigenvalue weighted by atomic mass is 32.2. The van der Waals surface area contributed by atoms with Crippen LogP contribution in [0.3, 0.4) is 0 Å². The number of hydrogen-bond acceptors (Lipinski definition) is 4. The lowest BCUT2D eigenvalue weighted by molar-refractivity contribution is -0.109. The Kier molecular flexibility index (Phi) is 6.51. The number of rotatable bonds is 3. The van der Waals surface area contributed by atoms with Crippen molar-refractivity contribution in [2.45, 2.75) is 39.7 Å². The van der Waals surface area contributed by atoms with Crippen LogP contribution in [0.25, 0.3) is 0 Å². The third kappa shape index (κ3) is 7.57. The Morgan fingerprint density at radius 1 is 1.19 bits per heavy atom. The fourth-order valence-electron chi connectivity index (χ4n) is 1.44. The molecule has 0 radical (unpaired) electrons. The molecule has 0 heterocycles.